The van der Waals surface area contributed by atoms with Gasteiger partial charge in [-0.3, -0.25) is 0 Å². The highest BCUT2D eigenvalue weighted by molar-refractivity contribution is 7.19. The molecule has 0 amide bonds. The van der Waals surface area contributed by atoms with E-state index in [0.29, 0.717) is 0 Å². The third kappa shape index (κ3) is 0.781. The second-order valence-corrected chi connectivity index (χ2v) is 8.51. The van der Waals surface area contributed by atoms with E-state index < -0.39 is 0 Å². The van der Waals surface area contributed by atoms with Crippen LogP contribution in [0.5, 0.6) is 0 Å². The van der Waals surface area contributed by atoms with Crippen molar-refractivity contribution in [2.75, 3.05) is 0 Å². The van der Waals surface area contributed by atoms with Gasteiger partial charge in [-0.1, -0.05) is 0 Å². The first-order valence-corrected chi connectivity index (χ1v) is 7.62. The van der Waals surface area contributed by atoms with E-state index in [1.807, 2.05) is 0 Å². The first-order chi connectivity index (χ1) is 7.25. The average Bonchev–Trinajstić information content (AvgIpc) is 2.24. The predicted octanol–water partition coefficient (Wildman–Crippen LogP) is 3.32. The van der Waals surface area contributed by atoms with E-state index in [1.165, 1.54) is 17.8 Å². The normalized spacial score (nSPS) is 73.0. The highest BCUT2D eigenvalue weighted by atomic mass is 31.0. The van der Waals surface area contributed by atoms with Gasteiger partial charge in [0.2, 0.25) is 0 Å². The van der Waals surface area contributed by atoms with Crippen LogP contribution in [-0.4, -0.2) is 5.16 Å². The Hall–Kier alpha value is 0.430. The molecule has 0 aromatic heterocycles. The van der Waals surface area contributed by atoms with E-state index in [9.17, 15) is 0 Å². The van der Waals surface area contributed by atoms with Gasteiger partial charge in [0.25, 0.3) is 0 Å². The Morgan fingerprint density at radius 3 is 2.00 bits per heavy atom. The Bertz CT molecular complexity index is 312. The van der Waals surface area contributed by atoms with Gasteiger partial charge in [0, 0.05) is 0 Å². The van der Waals surface area contributed by atoms with Crippen molar-refractivity contribution in [1.82, 2.24) is 0 Å². The molecule has 82 valence electrons. The minimum atomic E-state index is 0.740. The molecule has 0 N–H and O–H groups in total. The lowest BCUT2D eigenvalue weighted by molar-refractivity contribution is -0.187. The van der Waals surface area contributed by atoms with Crippen LogP contribution in [-0.2, 0) is 0 Å². The molecule has 7 saturated carbocycles. The molecule has 0 spiro atoms. The molecule has 15 heavy (non-hydrogen) atoms. The molecule has 0 heterocycles. The standard InChI is InChI=1S/C14H21P/c15-14-6-8-2-10-9-1-7(4-12(10)14)5-13(14)11(9)3-8/h7-13H,1-6,15H2. The van der Waals surface area contributed by atoms with Gasteiger partial charge in [0.05, 0.1) is 0 Å². The van der Waals surface area contributed by atoms with Crippen molar-refractivity contribution < 1.29 is 0 Å². The van der Waals surface area contributed by atoms with Crippen molar-refractivity contribution in [2.45, 2.75) is 43.7 Å². The Morgan fingerprint density at radius 1 is 0.733 bits per heavy atom. The highest BCUT2D eigenvalue weighted by Gasteiger charge is 2.68. The molecule has 0 aromatic rings. The molecule has 5 unspecified atom stereocenters. The number of rotatable bonds is 0. The van der Waals surface area contributed by atoms with E-state index in [1.54, 1.807) is 38.5 Å². The van der Waals surface area contributed by atoms with Gasteiger partial charge < -0.3 is 0 Å². The average molecular weight is 220 g/mol. The zero-order valence-electron chi connectivity index (χ0n) is 9.36. The van der Waals surface area contributed by atoms with Gasteiger partial charge in [0.1, 0.15) is 0 Å². The predicted molar refractivity (Wildman–Crippen MR) is 64.6 cm³/mol. The summed E-state index contributed by atoms with van der Waals surface area (Å²) in [7, 11) is 3.38. The molecular weight excluding hydrogens is 199 g/mol. The van der Waals surface area contributed by atoms with Crippen molar-refractivity contribution in [3.8, 4) is 0 Å². The molecule has 5 atom stereocenters. The summed E-state index contributed by atoms with van der Waals surface area (Å²) in [5, 5.41) is 0.740. The van der Waals surface area contributed by atoms with Crippen molar-refractivity contribution in [3.63, 3.8) is 0 Å². The number of hydrogen-bond acceptors (Lipinski definition) is 0. The minimum Gasteiger partial charge on any atom is -0.130 e. The van der Waals surface area contributed by atoms with Crippen LogP contribution in [0.2, 0.25) is 0 Å². The molecule has 0 aliphatic heterocycles. The molecular formula is C14H21P. The Balaban J connectivity index is 1.73. The highest BCUT2D eigenvalue weighted by Crippen LogP contribution is 2.74. The zero-order valence-corrected chi connectivity index (χ0v) is 10.5. The van der Waals surface area contributed by atoms with Crippen LogP contribution in [0.1, 0.15) is 38.5 Å². The lowest BCUT2D eigenvalue weighted by Gasteiger charge is -2.73. The molecule has 8 bridgehead atoms. The van der Waals surface area contributed by atoms with Crippen LogP contribution in [0.4, 0.5) is 0 Å². The third-order valence-electron chi connectivity index (χ3n) is 7.15. The van der Waals surface area contributed by atoms with E-state index in [2.05, 4.69) is 9.24 Å². The van der Waals surface area contributed by atoms with Crippen LogP contribution < -0.4 is 0 Å². The maximum absolute atomic E-state index is 3.38. The summed E-state index contributed by atoms with van der Waals surface area (Å²) in [5.74, 6) is 8.10. The van der Waals surface area contributed by atoms with Crippen LogP contribution in [0.25, 0.3) is 0 Å². The van der Waals surface area contributed by atoms with Crippen LogP contribution in [0.15, 0.2) is 0 Å². The minimum absolute atomic E-state index is 0.740. The van der Waals surface area contributed by atoms with Gasteiger partial charge in [-0.25, -0.2) is 0 Å². The van der Waals surface area contributed by atoms with Crippen molar-refractivity contribution in [2.24, 2.45) is 41.4 Å². The van der Waals surface area contributed by atoms with Gasteiger partial charge in [0.15, 0.2) is 0 Å². The fraction of sp³-hybridized carbons (Fsp3) is 1.00. The third-order valence-corrected chi connectivity index (χ3v) is 8.24. The molecule has 1 heteroatoms. The fourth-order valence-electron chi connectivity index (χ4n) is 7.03. The molecule has 0 radical (unpaired) electrons. The van der Waals surface area contributed by atoms with Gasteiger partial charge >= 0.3 is 0 Å². The Kier molecular flexibility index (Phi) is 1.32. The fourth-order valence-corrected chi connectivity index (χ4v) is 8.13. The van der Waals surface area contributed by atoms with Crippen molar-refractivity contribution in [1.29, 1.82) is 0 Å². The van der Waals surface area contributed by atoms with E-state index in [-0.39, 0.29) is 0 Å². The lowest BCUT2D eigenvalue weighted by atomic mass is 9.35. The summed E-state index contributed by atoms with van der Waals surface area (Å²) < 4.78 is 0. The van der Waals surface area contributed by atoms with E-state index >= 15 is 0 Å². The molecule has 7 aliphatic carbocycles. The topological polar surface area (TPSA) is 0 Å². The molecule has 7 fully saturated rings. The van der Waals surface area contributed by atoms with E-state index in [4.69, 9.17) is 0 Å². The molecule has 7 rings (SSSR count). The summed E-state index contributed by atoms with van der Waals surface area (Å²) in [4.78, 5) is 0. The summed E-state index contributed by atoms with van der Waals surface area (Å²) in [6, 6.07) is 0. The first kappa shape index (κ1) is 8.51. The quantitative estimate of drug-likeness (QED) is 0.549. The van der Waals surface area contributed by atoms with Gasteiger partial charge in [-0.15, -0.1) is 9.24 Å². The van der Waals surface area contributed by atoms with E-state index in [0.717, 1.165) is 28.8 Å². The lowest BCUT2D eigenvalue weighted by Crippen LogP contribution is -2.68. The van der Waals surface area contributed by atoms with Crippen LogP contribution >= 0.6 is 9.24 Å². The molecule has 0 aromatic carbocycles. The Morgan fingerprint density at radius 2 is 1.33 bits per heavy atom. The molecule has 0 nitrogen and oxygen atoms in total. The molecule has 0 saturated heterocycles. The van der Waals surface area contributed by atoms with Gasteiger partial charge in [-0.05, 0) is 85.1 Å². The van der Waals surface area contributed by atoms with Crippen LogP contribution in [0, 0.1) is 41.4 Å². The smallest absolute Gasteiger partial charge is 0.00855 e. The Labute approximate surface area is 94.8 Å². The van der Waals surface area contributed by atoms with Gasteiger partial charge in [-0.2, -0.15) is 0 Å². The monoisotopic (exact) mass is 220 g/mol. The summed E-state index contributed by atoms with van der Waals surface area (Å²) in [6.07, 6.45) is 9.69. The SMILES string of the molecule is PC12CC3CC4C5CC(CC41)CC2C5C3. The van der Waals surface area contributed by atoms with Crippen molar-refractivity contribution >= 4 is 9.24 Å². The summed E-state index contributed by atoms with van der Waals surface area (Å²) >= 11 is 0. The number of hydrogen-bond donors (Lipinski definition) is 0. The summed E-state index contributed by atoms with van der Waals surface area (Å²) in [6.45, 7) is 0. The summed E-state index contributed by atoms with van der Waals surface area (Å²) in [5.41, 5.74) is 0. The largest absolute Gasteiger partial charge is 0.130 e. The zero-order chi connectivity index (χ0) is 9.78. The van der Waals surface area contributed by atoms with Crippen molar-refractivity contribution in [3.05, 3.63) is 0 Å². The molecule has 7 aliphatic rings. The van der Waals surface area contributed by atoms with Crippen LogP contribution in [0.3, 0.4) is 0 Å². The maximum Gasteiger partial charge on any atom is -0.00855 e. The second-order valence-electron chi connectivity index (χ2n) is 7.43. The first-order valence-electron chi connectivity index (χ1n) is 7.04. The second kappa shape index (κ2) is 2.33. The maximum atomic E-state index is 3.38.